The number of sulfonamides is 1. The highest BCUT2D eigenvalue weighted by Gasteiger charge is 2.28. The molecule has 1 aliphatic carbocycles. The third-order valence-electron chi connectivity index (χ3n) is 3.41. The molecule has 1 aliphatic rings. The number of H-pyrrole nitrogens is 1. The largest absolute Gasteiger partial charge is 0.363 e. The fourth-order valence-corrected chi connectivity index (χ4v) is 3.68. The molecule has 4 N–H and O–H groups in total. The van der Waals surface area contributed by atoms with Crippen molar-refractivity contribution in [3.05, 3.63) is 18.0 Å². The minimum absolute atomic E-state index is 0.0660. The van der Waals surface area contributed by atoms with Gasteiger partial charge in [-0.05, 0) is 24.8 Å². The zero-order chi connectivity index (χ0) is 12.5. The summed E-state index contributed by atoms with van der Waals surface area (Å²) in [5.41, 5.74) is 6.17. The predicted molar refractivity (Wildman–Crippen MR) is 65.8 cm³/mol. The van der Waals surface area contributed by atoms with Crippen molar-refractivity contribution in [2.45, 2.75) is 43.7 Å². The summed E-state index contributed by atoms with van der Waals surface area (Å²) in [6, 6.07) is 1.65. The van der Waals surface area contributed by atoms with E-state index in [2.05, 4.69) is 16.6 Å². The number of nitrogens with two attached hydrogens (primary N) is 1. The number of nitrogens with one attached hydrogen (secondary N) is 2. The van der Waals surface area contributed by atoms with Crippen molar-refractivity contribution in [1.29, 1.82) is 0 Å². The summed E-state index contributed by atoms with van der Waals surface area (Å²) in [4.78, 5) is 3.13. The van der Waals surface area contributed by atoms with E-state index in [1.807, 2.05) is 0 Å². The standard InChI is InChI=1S/C11H19N3O2S/c1-8-3-2-4-11(8)14-17(15,16)10-5-9(6-12)13-7-10/h5,7-8,11,13-14H,2-4,6,12H2,1H3. The van der Waals surface area contributed by atoms with Gasteiger partial charge in [0.25, 0.3) is 0 Å². The smallest absolute Gasteiger partial charge is 0.242 e. The molecule has 0 bridgehead atoms. The highest BCUT2D eigenvalue weighted by atomic mass is 32.2. The van der Waals surface area contributed by atoms with Crippen LogP contribution in [0.4, 0.5) is 0 Å². The van der Waals surface area contributed by atoms with Crippen LogP contribution in [-0.4, -0.2) is 19.4 Å². The normalized spacial score (nSPS) is 25.3. The van der Waals surface area contributed by atoms with E-state index in [9.17, 15) is 8.42 Å². The van der Waals surface area contributed by atoms with Crippen LogP contribution in [0.2, 0.25) is 0 Å². The van der Waals surface area contributed by atoms with Crippen LogP contribution in [0.5, 0.6) is 0 Å². The lowest BCUT2D eigenvalue weighted by molar-refractivity contribution is 0.476. The quantitative estimate of drug-likeness (QED) is 0.750. The Hall–Kier alpha value is -0.850. The van der Waals surface area contributed by atoms with Gasteiger partial charge in [0.15, 0.2) is 0 Å². The Kier molecular flexibility index (Phi) is 3.56. The summed E-state index contributed by atoms with van der Waals surface area (Å²) < 4.78 is 27.0. The molecule has 0 saturated heterocycles. The van der Waals surface area contributed by atoms with E-state index in [1.165, 1.54) is 6.20 Å². The lowest BCUT2D eigenvalue weighted by Gasteiger charge is -2.16. The van der Waals surface area contributed by atoms with Gasteiger partial charge in [-0.25, -0.2) is 13.1 Å². The van der Waals surface area contributed by atoms with Gasteiger partial charge in [-0.15, -0.1) is 0 Å². The van der Waals surface area contributed by atoms with Crippen molar-refractivity contribution in [3.63, 3.8) is 0 Å². The lowest BCUT2D eigenvalue weighted by atomic mass is 10.1. The number of rotatable bonds is 4. The Labute approximate surface area is 102 Å². The van der Waals surface area contributed by atoms with E-state index in [4.69, 9.17) is 5.73 Å². The van der Waals surface area contributed by atoms with Gasteiger partial charge in [0.2, 0.25) is 10.0 Å². The summed E-state index contributed by atoms with van der Waals surface area (Å²) in [6.07, 6.45) is 4.60. The lowest BCUT2D eigenvalue weighted by Crippen LogP contribution is -2.36. The van der Waals surface area contributed by atoms with Crippen LogP contribution < -0.4 is 10.5 Å². The van der Waals surface area contributed by atoms with Crippen molar-refractivity contribution in [3.8, 4) is 0 Å². The molecule has 2 atom stereocenters. The molecule has 1 fully saturated rings. The second-order valence-electron chi connectivity index (χ2n) is 4.70. The van der Waals surface area contributed by atoms with Gasteiger partial charge in [-0.1, -0.05) is 13.3 Å². The topological polar surface area (TPSA) is 88.0 Å². The van der Waals surface area contributed by atoms with Gasteiger partial charge in [0.05, 0.1) is 4.90 Å². The summed E-state index contributed by atoms with van der Waals surface area (Å²) in [7, 11) is -3.40. The zero-order valence-corrected chi connectivity index (χ0v) is 10.8. The first-order chi connectivity index (χ1) is 8.03. The molecule has 6 heteroatoms. The second-order valence-corrected chi connectivity index (χ2v) is 6.41. The molecular formula is C11H19N3O2S. The van der Waals surface area contributed by atoms with E-state index in [-0.39, 0.29) is 10.9 Å². The molecular weight excluding hydrogens is 238 g/mol. The summed E-state index contributed by atoms with van der Waals surface area (Å²) in [5, 5.41) is 0. The minimum Gasteiger partial charge on any atom is -0.363 e. The molecule has 1 aromatic rings. The molecule has 2 rings (SSSR count). The Morgan fingerprint density at radius 2 is 2.29 bits per heavy atom. The van der Waals surface area contributed by atoms with Crippen LogP contribution >= 0.6 is 0 Å². The van der Waals surface area contributed by atoms with Crippen LogP contribution in [0.1, 0.15) is 31.9 Å². The first-order valence-electron chi connectivity index (χ1n) is 5.92. The summed E-state index contributed by atoms with van der Waals surface area (Å²) in [5.74, 6) is 0.415. The van der Waals surface area contributed by atoms with Crippen LogP contribution in [0.25, 0.3) is 0 Å². The van der Waals surface area contributed by atoms with Gasteiger partial charge in [-0.3, -0.25) is 0 Å². The van der Waals surface area contributed by atoms with Gasteiger partial charge < -0.3 is 10.7 Å². The first-order valence-corrected chi connectivity index (χ1v) is 7.41. The number of hydrogen-bond acceptors (Lipinski definition) is 3. The average Bonchev–Trinajstić information content (AvgIpc) is 2.88. The Morgan fingerprint density at radius 3 is 2.82 bits per heavy atom. The highest BCUT2D eigenvalue weighted by Crippen LogP contribution is 2.26. The van der Waals surface area contributed by atoms with Gasteiger partial charge in [0, 0.05) is 24.5 Å². The van der Waals surface area contributed by atoms with Crippen molar-refractivity contribution in [1.82, 2.24) is 9.71 Å². The van der Waals surface area contributed by atoms with Crippen LogP contribution in [0.3, 0.4) is 0 Å². The van der Waals surface area contributed by atoms with Crippen molar-refractivity contribution in [2.24, 2.45) is 11.7 Å². The average molecular weight is 257 g/mol. The molecule has 96 valence electrons. The molecule has 2 unspecified atom stereocenters. The van der Waals surface area contributed by atoms with E-state index in [1.54, 1.807) is 6.07 Å². The van der Waals surface area contributed by atoms with Crippen LogP contribution in [0.15, 0.2) is 17.2 Å². The van der Waals surface area contributed by atoms with E-state index in [0.29, 0.717) is 12.5 Å². The molecule has 1 aromatic heterocycles. The maximum atomic E-state index is 12.1. The van der Waals surface area contributed by atoms with Crippen molar-refractivity contribution >= 4 is 10.0 Å². The molecule has 1 heterocycles. The van der Waals surface area contributed by atoms with E-state index in [0.717, 1.165) is 25.0 Å². The second kappa shape index (κ2) is 4.80. The number of aromatic amines is 1. The monoisotopic (exact) mass is 257 g/mol. The fourth-order valence-electron chi connectivity index (χ4n) is 2.28. The highest BCUT2D eigenvalue weighted by molar-refractivity contribution is 7.89. The SMILES string of the molecule is CC1CCCC1NS(=O)(=O)c1c[nH]c(CN)c1. The Balaban J connectivity index is 2.13. The molecule has 0 radical (unpaired) electrons. The fraction of sp³-hybridized carbons (Fsp3) is 0.636. The van der Waals surface area contributed by atoms with Crippen LogP contribution in [0, 0.1) is 5.92 Å². The molecule has 0 aromatic carbocycles. The van der Waals surface area contributed by atoms with Crippen LogP contribution in [-0.2, 0) is 16.6 Å². The van der Waals surface area contributed by atoms with Gasteiger partial charge in [0.1, 0.15) is 0 Å². The zero-order valence-electron chi connectivity index (χ0n) is 9.94. The third kappa shape index (κ3) is 2.70. The van der Waals surface area contributed by atoms with Crippen molar-refractivity contribution < 1.29 is 8.42 Å². The number of hydrogen-bond donors (Lipinski definition) is 3. The minimum atomic E-state index is -3.40. The molecule has 17 heavy (non-hydrogen) atoms. The Bertz CT molecular complexity index is 481. The predicted octanol–water partition coefficient (Wildman–Crippen LogP) is 0.940. The van der Waals surface area contributed by atoms with E-state index >= 15 is 0 Å². The third-order valence-corrected chi connectivity index (χ3v) is 4.88. The maximum absolute atomic E-state index is 12.1. The molecule has 5 nitrogen and oxygen atoms in total. The summed E-state index contributed by atoms with van der Waals surface area (Å²) in [6.45, 7) is 2.40. The number of aromatic nitrogens is 1. The summed E-state index contributed by atoms with van der Waals surface area (Å²) >= 11 is 0. The van der Waals surface area contributed by atoms with Gasteiger partial charge in [-0.2, -0.15) is 0 Å². The molecule has 0 aliphatic heterocycles. The first kappa shape index (κ1) is 12.6. The molecule has 0 amide bonds. The van der Waals surface area contributed by atoms with E-state index < -0.39 is 10.0 Å². The maximum Gasteiger partial charge on any atom is 0.242 e. The molecule has 0 spiro atoms. The molecule has 1 saturated carbocycles. The Morgan fingerprint density at radius 1 is 1.53 bits per heavy atom. The van der Waals surface area contributed by atoms with Crippen molar-refractivity contribution in [2.75, 3.05) is 0 Å². The van der Waals surface area contributed by atoms with Gasteiger partial charge >= 0.3 is 0 Å².